The number of aromatic nitrogens is 6. The van der Waals surface area contributed by atoms with Crippen LogP contribution in [0.4, 0.5) is 0 Å². The minimum Gasteiger partial charge on any atom is -0.477 e. The van der Waals surface area contributed by atoms with Gasteiger partial charge in [-0.3, -0.25) is 14.6 Å². The molecule has 4 N–H and O–H groups in total. The van der Waals surface area contributed by atoms with Crippen molar-refractivity contribution >= 4 is 46.4 Å². The Labute approximate surface area is 268 Å². The first-order valence-corrected chi connectivity index (χ1v) is 16.2. The van der Waals surface area contributed by atoms with E-state index >= 15 is 0 Å². The van der Waals surface area contributed by atoms with Crippen LogP contribution in [0.5, 0.6) is 11.8 Å². The van der Waals surface area contributed by atoms with E-state index in [4.69, 9.17) is 14.5 Å². The highest BCUT2D eigenvalue weighted by Gasteiger charge is 2.24. The topological polar surface area (TPSA) is 151 Å². The summed E-state index contributed by atoms with van der Waals surface area (Å²) in [6.07, 6.45) is 17.6. The van der Waals surface area contributed by atoms with Crippen LogP contribution in [0.15, 0.2) is 36.7 Å². The fourth-order valence-electron chi connectivity index (χ4n) is 5.25. The number of rotatable bonds is 17. The first-order valence-electron chi connectivity index (χ1n) is 16.2. The first-order chi connectivity index (χ1) is 22.4. The maximum absolute atomic E-state index is 12.2. The average molecular weight is 628 g/mol. The van der Waals surface area contributed by atoms with Gasteiger partial charge in [-0.2, -0.15) is 0 Å². The molecule has 0 radical (unpaired) electrons. The SMILES string of the molecule is CC(C)COc1nc[n+](CC(C)COc2ncnc3[nH]cc(C=CC(=O)NC4CC4)c23)c2[nH]cc(C=C(C=O)CNCC3CC3)c12. The standard InChI is InChI=1S/C34H42N8O4/c1-21(2)17-45-34-30-26(10-24(16-43)12-35-11-23-4-5-23)14-37-32(30)42(20-40-34)15-22(3)18-46-33-29-25(13-36-31(29)38-19-39-33)6-9-28(44)41-27-7-8-27/h6,9-10,13-14,16,19-23,27,35H,4-5,7-8,11-12,15,17-18H2,1-3H3,(H2,36,38,39,41,44)/p+1. The van der Waals surface area contributed by atoms with Crippen molar-refractivity contribution in [3.05, 3.63) is 47.8 Å². The molecular formula is C34H43N8O4+. The minimum atomic E-state index is -0.113. The number of H-pyrrole nitrogens is 2. The second kappa shape index (κ2) is 14.2. The fourth-order valence-corrected chi connectivity index (χ4v) is 5.25. The third-order valence-electron chi connectivity index (χ3n) is 8.03. The lowest BCUT2D eigenvalue weighted by molar-refractivity contribution is -0.682. The summed E-state index contributed by atoms with van der Waals surface area (Å²) < 4.78 is 14.4. The third kappa shape index (κ3) is 7.97. The van der Waals surface area contributed by atoms with Gasteiger partial charge < -0.3 is 25.1 Å². The summed E-state index contributed by atoms with van der Waals surface area (Å²) in [5.41, 5.74) is 3.81. The Morgan fingerprint density at radius 1 is 1.02 bits per heavy atom. The number of ether oxygens (including phenoxy) is 2. The molecule has 2 aliphatic carbocycles. The Hall–Kier alpha value is -4.58. The maximum atomic E-state index is 12.2. The molecule has 6 rings (SSSR count). The van der Waals surface area contributed by atoms with E-state index in [9.17, 15) is 9.59 Å². The van der Waals surface area contributed by atoms with Crippen molar-refractivity contribution < 1.29 is 23.6 Å². The summed E-state index contributed by atoms with van der Waals surface area (Å²) in [6, 6.07) is 0.295. The van der Waals surface area contributed by atoms with E-state index in [0.29, 0.717) is 61.2 Å². The van der Waals surface area contributed by atoms with Crippen LogP contribution in [-0.4, -0.2) is 69.5 Å². The number of amides is 1. The van der Waals surface area contributed by atoms with Crippen LogP contribution in [0.25, 0.3) is 34.2 Å². The van der Waals surface area contributed by atoms with Crippen molar-refractivity contribution in [2.45, 2.75) is 59.0 Å². The molecule has 12 heteroatoms. The number of carbonyl (C=O) groups excluding carboxylic acids is 2. The molecule has 0 aliphatic heterocycles. The largest absolute Gasteiger partial charge is 0.477 e. The van der Waals surface area contributed by atoms with Gasteiger partial charge in [-0.25, -0.2) is 14.5 Å². The normalized spacial score (nSPS) is 16.0. The van der Waals surface area contributed by atoms with Gasteiger partial charge in [-0.05, 0) is 56.2 Å². The Bertz CT molecular complexity index is 1750. The van der Waals surface area contributed by atoms with Crippen LogP contribution in [0, 0.1) is 17.8 Å². The van der Waals surface area contributed by atoms with E-state index in [1.807, 2.05) is 16.8 Å². The van der Waals surface area contributed by atoms with Crippen molar-refractivity contribution in [3.8, 4) is 11.8 Å². The molecular weight excluding hydrogens is 584 g/mol. The minimum absolute atomic E-state index is 0.0733. The molecule has 2 saturated carbocycles. The van der Waals surface area contributed by atoms with Crippen LogP contribution in [0.2, 0.25) is 0 Å². The van der Waals surface area contributed by atoms with E-state index in [0.717, 1.165) is 59.1 Å². The quantitative estimate of drug-likeness (QED) is 0.0786. The average Bonchev–Trinajstić information content (AvgIpc) is 3.97. The summed E-state index contributed by atoms with van der Waals surface area (Å²) in [4.78, 5) is 44.1. The predicted molar refractivity (Wildman–Crippen MR) is 175 cm³/mol. The van der Waals surface area contributed by atoms with Crippen molar-refractivity contribution in [1.29, 1.82) is 0 Å². The lowest BCUT2D eigenvalue weighted by Gasteiger charge is -2.14. The van der Waals surface area contributed by atoms with Crippen molar-refractivity contribution in [2.24, 2.45) is 17.8 Å². The zero-order chi connectivity index (χ0) is 32.0. The third-order valence-corrected chi connectivity index (χ3v) is 8.03. The summed E-state index contributed by atoms with van der Waals surface area (Å²) in [5, 5.41) is 7.93. The lowest BCUT2D eigenvalue weighted by atomic mass is 10.1. The molecule has 46 heavy (non-hydrogen) atoms. The van der Waals surface area contributed by atoms with Gasteiger partial charge in [-0.1, -0.05) is 25.8 Å². The van der Waals surface area contributed by atoms with Gasteiger partial charge in [-0.15, -0.1) is 0 Å². The Balaban J connectivity index is 1.18. The van der Waals surface area contributed by atoms with Crippen molar-refractivity contribution in [3.63, 3.8) is 0 Å². The number of aromatic amines is 2. The zero-order valence-corrected chi connectivity index (χ0v) is 26.7. The van der Waals surface area contributed by atoms with Crippen molar-refractivity contribution in [1.82, 2.24) is 35.6 Å². The summed E-state index contributed by atoms with van der Waals surface area (Å²) in [6.45, 7) is 9.27. The molecule has 2 fully saturated rings. The highest BCUT2D eigenvalue weighted by atomic mass is 16.5. The Kier molecular flexibility index (Phi) is 9.72. The second-order valence-corrected chi connectivity index (χ2v) is 13.0. The molecule has 4 aromatic rings. The number of nitrogens with zero attached hydrogens (tertiary/aromatic N) is 4. The van der Waals surface area contributed by atoms with E-state index in [1.165, 1.54) is 25.2 Å². The molecule has 1 unspecified atom stereocenters. The van der Waals surface area contributed by atoms with Gasteiger partial charge in [0.05, 0.1) is 31.3 Å². The van der Waals surface area contributed by atoms with E-state index < -0.39 is 0 Å². The van der Waals surface area contributed by atoms with Gasteiger partial charge in [0.15, 0.2) is 0 Å². The highest BCUT2D eigenvalue weighted by Crippen LogP contribution is 2.29. The van der Waals surface area contributed by atoms with Crippen LogP contribution in [-0.2, 0) is 16.1 Å². The molecule has 4 aromatic heterocycles. The molecule has 2 aliphatic rings. The summed E-state index contributed by atoms with van der Waals surface area (Å²) in [7, 11) is 0. The molecule has 4 heterocycles. The lowest BCUT2D eigenvalue weighted by Crippen LogP contribution is -2.40. The molecule has 0 saturated heterocycles. The molecule has 242 valence electrons. The van der Waals surface area contributed by atoms with Gasteiger partial charge in [0, 0.05) is 47.5 Å². The number of nitrogens with one attached hydrogen (secondary N) is 4. The predicted octanol–water partition coefficient (Wildman–Crippen LogP) is 3.75. The van der Waals surface area contributed by atoms with E-state index in [-0.39, 0.29) is 11.8 Å². The van der Waals surface area contributed by atoms with Gasteiger partial charge in [0.2, 0.25) is 23.8 Å². The maximum Gasteiger partial charge on any atom is 0.304 e. The van der Waals surface area contributed by atoms with Crippen LogP contribution in [0.3, 0.4) is 0 Å². The van der Waals surface area contributed by atoms with Crippen LogP contribution >= 0.6 is 0 Å². The van der Waals surface area contributed by atoms with Gasteiger partial charge in [0.25, 0.3) is 0 Å². The van der Waals surface area contributed by atoms with Gasteiger partial charge in [0.1, 0.15) is 23.6 Å². The van der Waals surface area contributed by atoms with Crippen LogP contribution in [0.1, 0.15) is 57.6 Å². The van der Waals surface area contributed by atoms with Gasteiger partial charge >= 0.3 is 5.88 Å². The summed E-state index contributed by atoms with van der Waals surface area (Å²) >= 11 is 0. The number of hydrogen-bond acceptors (Lipinski definition) is 8. The van der Waals surface area contributed by atoms with Crippen LogP contribution < -0.4 is 24.7 Å². The number of fused-ring (bicyclic) bond motifs is 2. The number of hydrogen-bond donors (Lipinski definition) is 4. The first kappa shape index (κ1) is 31.4. The monoisotopic (exact) mass is 627 g/mol. The number of carbonyl (C=O) groups is 2. The van der Waals surface area contributed by atoms with E-state index in [2.05, 4.69) is 51.3 Å². The molecule has 1 amide bonds. The highest BCUT2D eigenvalue weighted by molar-refractivity contribution is 5.97. The zero-order valence-electron chi connectivity index (χ0n) is 26.7. The molecule has 0 aromatic carbocycles. The molecule has 0 spiro atoms. The smallest absolute Gasteiger partial charge is 0.304 e. The summed E-state index contributed by atoms with van der Waals surface area (Å²) in [5.74, 6) is 2.02. The number of aldehydes is 1. The van der Waals surface area contributed by atoms with Crippen molar-refractivity contribution in [2.75, 3.05) is 26.3 Å². The Morgan fingerprint density at radius 2 is 1.80 bits per heavy atom. The fraction of sp³-hybridized carbons (Fsp3) is 0.471. The van der Waals surface area contributed by atoms with E-state index in [1.54, 1.807) is 18.6 Å². The molecule has 12 nitrogen and oxygen atoms in total. The Morgan fingerprint density at radius 3 is 2.57 bits per heavy atom. The second-order valence-electron chi connectivity index (χ2n) is 13.0. The molecule has 0 bridgehead atoms. The molecule has 1 atom stereocenters.